The first-order chi connectivity index (χ1) is 9.81. The van der Waals surface area contributed by atoms with Gasteiger partial charge in [0.15, 0.2) is 0 Å². The van der Waals surface area contributed by atoms with Gasteiger partial charge >= 0.3 is 0 Å². The van der Waals surface area contributed by atoms with Crippen LogP contribution in [-0.2, 0) is 5.41 Å². The van der Waals surface area contributed by atoms with Gasteiger partial charge in [-0.25, -0.2) is 4.98 Å². The smallest absolute Gasteiger partial charge is 0.251 e. The Hall–Kier alpha value is -1.58. The largest absolute Gasteiger partial charge is 0.373 e. The molecule has 0 radical (unpaired) electrons. The fourth-order valence-electron chi connectivity index (χ4n) is 2.17. The fraction of sp³-hybridized carbons (Fsp3) is 0.647. The van der Waals surface area contributed by atoms with Crippen LogP contribution in [-0.4, -0.2) is 24.0 Å². The number of anilines is 1. The van der Waals surface area contributed by atoms with E-state index < -0.39 is 0 Å². The second kappa shape index (κ2) is 7.43. The molecule has 1 aromatic rings. The van der Waals surface area contributed by atoms with Crippen molar-refractivity contribution in [3.8, 4) is 0 Å². The van der Waals surface area contributed by atoms with E-state index in [1.165, 1.54) is 0 Å². The zero-order valence-electron chi connectivity index (χ0n) is 14.2. The molecule has 0 bridgehead atoms. The third-order valence-corrected chi connectivity index (χ3v) is 3.58. The van der Waals surface area contributed by atoms with Crippen molar-refractivity contribution in [3.05, 3.63) is 23.4 Å². The molecule has 1 atom stereocenters. The predicted molar refractivity (Wildman–Crippen MR) is 88.9 cm³/mol. The molecule has 1 aromatic heterocycles. The molecular weight excluding hydrogens is 262 g/mol. The Labute approximate surface area is 128 Å². The second-order valence-electron chi connectivity index (χ2n) is 6.49. The molecule has 0 aliphatic rings. The van der Waals surface area contributed by atoms with Gasteiger partial charge in [0, 0.05) is 29.8 Å². The number of aromatic nitrogens is 1. The minimum atomic E-state index is -0.0878. The molecule has 0 fully saturated rings. The van der Waals surface area contributed by atoms with Crippen molar-refractivity contribution >= 4 is 11.7 Å². The number of hydrogen-bond donors (Lipinski definition) is 2. The van der Waals surface area contributed by atoms with E-state index in [0.717, 1.165) is 30.8 Å². The number of nitrogens with one attached hydrogen (secondary N) is 2. The van der Waals surface area contributed by atoms with Crippen molar-refractivity contribution < 1.29 is 4.79 Å². The van der Waals surface area contributed by atoms with Crippen LogP contribution in [0.4, 0.5) is 5.82 Å². The third kappa shape index (κ3) is 5.03. The van der Waals surface area contributed by atoms with Gasteiger partial charge in [0.2, 0.25) is 0 Å². The van der Waals surface area contributed by atoms with E-state index in [1.807, 2.05) is 19.2 Å². The highest BCUT2D eigenvalue weighted by Gasteiger charge is 2.20. The summed E-state index contributed by atoms with van der Waals surface area (Å²) in [6.07, 6.45) is 3.04. The van der Waals surface area contributed by atoms with Crippen molar-refractivity contribution in [2.75, 3.05) is 12.4 Å². The zero-order chi connectivity index (χ0) is 16.0. The van der Waals surface area contributed by atoms with Crippen molar-refractivity contribution in [1.29, 1.82) is 0 Å². The molecule has 2 N–H and O–H groups in total. The Morgan fingerprint density at radius 2 is 1.95 bits per heavy atom. The number of nitrogens with zero attached hydrogens (tertiary/aromatic N) is 1. The highest BCUT2D eigenvalue weighted by atomic mass is 16.1. The van der Waals surface area contributed by atoms with E-state index in [0.29, 0.717) is 5.56 Å². The average Bonchev–Trinajstić information content (AvgIpc) is 2.45. The predicted octanol–water partition coefficient (Wildman–Crippen LogP) is 3.73. The molecule has 1 amide bonds. The summed E-state index contributed by atoms with van der Waals surface area (Å²) in [6.45, 7) is 10.5. The lowest BCUT2D eigenvalue weighted by Crippen LogP contribution is -2.34. The molecule has 21 heavy (non-hydrogen) atoms. The molecule has 4 nitrogen and oxygen atoms in total. The first-order valence-electron chi connectivity index (χ1n) is 7.83. The van der Waals surface area contributed by atoms with Crippen LogP contribution < -0.4 is 10.6 Å². The van der Waals surface area contributed by atoms with Crippen molar-refractivity contribution in [2.45, 2.75) is 65.3 Å². The number of carbonyl (C=O) groups excluding carboxylic acids is 1. The van der Waals surface area contributed by atoms with Crippen LogP contribution in [0, 0.1) is 0 Å². The van der Waals surface area contributed by atoms with Crippen molar-refractivity contribution in [3.63, 3.8) is 0 Å². The Balaban J connectivity index is 3.03. The monoisotopic (exact) mass is 291 g/mol. The molecule has 118 valence electrons. The maximum atomic E-state index is 12.5. The number of amides is 1. The highest BCUT2D eigenvalue weighted by molar-refractivity contribution is 5.95. The first-order valence-corrected chi connectivity index (χ1v) is 7.83. The summed E-state index contributed by atoms with van der Waals surface area (Å²) in [5.41, 5.74) is 1.51. The van der Waals surface area contributed by atoms with Gasteiger partial charge in [-0.15, -0.1) is 0 Å². The second-order valence-corrected chi connectivity index (χ2v) is 6.49. The minimum Gasteiger partial charge on any atom is -0.373 e. The molecule has 0 spiro atoms. The van der Waals surface area contributed by atoms with Gasteiger partial charge in [0.05, 0.1) is 0 Å². The van der Waals surface area contributed by atoms with Crippen LogP contribution in [0.2, 0.25) is 0 Å². The quantitative estimate of drug-likeness (QED) is 0.839. The van der Waals surface area contributed by atoms with E-state index in [1.54, 1.807) is 0 Å². The number of pyridine rings is 1. The van der Waals surface area contributed by atoms with Gasteiger partial charge in [-0.05, 0) is 25.0 Å². The van der Waals surface area contributed by atoms with E-state index in [2.05, 4.69) is 50.2 Å². The van der Waals surface area contributed by atoms with Gasteiger partial charge in [-0.3, -0.25) is 4.79 Å². The Kier molecular flexibility index (Phi) is 6.19. The Bertz CT molecular complexity index is 477. The number of carbonyl (C=O) groups is 1. The molecule has 1 rings (SSSR count). The van der Waals surface area contributed by atoms with Crippen LogP contribution >= 0.6 is 0 Å². The first kappa shape index (κ1) is 17.5. The van der Waals surface area contributed by atoms with E-state index >= 15 is 0 Å². The summed E-state index contributed by atoms with van der Waals surface area (Å²) < 4.78 is 0. The lowest BCUT2D eigenvalue weighted by Gasteiger charge is -2.21. The summed E-state index contributed by atoms with van der Waals surface area (Å²) in [4.78, 5) is 17.0. The van der Waals surface area contributed by atoms with Gasteiger partial charge in [0.25, 0.3) is 5.91 Å². The highest BCUT2D eigenvalue weighted by Crippen LogP contribution is 2.23. The average molecular weight is 291 g/mol. The van der Waals surface area contributed by atoms with Crippen LogP contribution in [0.25, 0.3) is 0 Å². The summed E-state index contributed by atoms with van der Waals surface area (Å²) in [7, 11) is 1.82. The molecule has 0 aliphatic carbocycles. The zero-order valence-corrected chi connectivity index (χ0v) is 14.2. The third-order valence-electron chi connectivity index (χ3n) is 3.58. The van der Waals surface area contributed by atoms with Crippen LogP contribution in [0.3, 0.4) is 0 Å². The maximum absolute atomic E-state index is 12.5. The van der Waals surface area contributed by atoms with Crippen LogP contribution in [0.1, 0.15) is 69.9 Å². The molecule has 0 saturated heterocycles. The van der Waals surface area contributed by atoms with E-state index in [9.17, 15) is 4.79 Å². The van der Waals surface area contributed by atoms with Crippen molar-refractivity contribution in [2.24, 2.45) is 0 Å². The molecular formula is C17H29N3O. The number of hydrogen-bond acceptors (Lipinski definition) is 3. The fourth-order valence-corrected chi connectivity index (χ4v) is 2.17. The standard InChI is InChI=1S/C17H29N3O/c1-7-9-13(8-2)19-16(21)12-10-14(17(3,4)5)20-15(11-12)18-6/h10-11,13H,7-9H2,1-6H3,(H,18,20)(H,19,21). The summed E-state index contributed by atoms with van der Waals surface area (Å²) >= 11 is 0. The van der Waals surface area contributed by atoms with Gasteiger partial charge in [-0.1, -0.05) is 41.0 Å². The molecule has 0 aromatic carbocycles. The maximum Gasteiger partial charge on any atom is 0.251 e. The Morgan fingerprint density at radius 1 is 1.29 bits per heavy atom. The topological polar surface area (TPSA) is 54.0 Å². The van der Waals surface area contributed by atoms with Gasteiger partial charge in [0.1, 0.15) is 5.82 Å². The SMILES string of the molecule is CCCC(CC)NC(=O)c1cc(NC)nc(C(C)(C)C)c1. The van der Waals surface area contributed by atoms with Crippen molar-refractivity contribution in [1.82, 2.24) is 10.3 Å². The van der Waals surface area contributed by atoms with E-state index in [-0.39, 0.29) is 17.4 Å². The van der Waals surface area contributed by atoms with E-state index in [4.69, 9.17) is 0 Å². The van der Waals surface area contributed by atoms with Crippen LogP contribution in [0.15, 0.2) is 12.1 Å². The summed E-state index contributed by atoms with van der Waals surface area (Å²) in [5.74, 6) is 0.718. The van der Waals surface area contributed by atoms with Crippen LogP contribution in [0.5, 0.6) is 0 Å². The molecule has 0 saturated carbocycles. The molecule has 1 unspecified atom stereocenters. The number of rotatable bonds is 6. The molecule has 0 aliphatic heterocycles. The van der Waals surface area contributed by atoms with Gasteiger partial charge < -0.3 is 10.6 Å². The molecule has 4 heteroatoms. The lowest BCUT2D eigenvalue weighted by atomic mass is 9.90. The lowest BCUT2D eigenvalue weighted by molar-refractivity contribution is 0.0933. The minimum absolute atomic E-state index is 0.0142. The summed E-state index contributed by atoms with van der Waals surface area (Å²) in [6, 6.07) is 3.95. The Morgan fingerprint density at radius 3 is 2.43 bits per heavy atom. The summed E-state index contributed by atoms with van der Waals surface area (Å²) in [5, 5.41) is 6.16. The normalized spacial score (nSPS) is 12.9. The van der Waals surface area contributed by atoms with Gasteiger partial charge in [-0.2, -0.15) is 0 Å². The molecule has 1 heterocycles.